The molecule has 0 unspecified atom stereocenters. The Kier molecular flexibility index (Phi) is 6.05. The molecule has 1 fully saturated rings. The number of nitrogens with zero attached hydrogens (tertiary/aromatic N) is 2. The summed E-state index contributed by atoms with van der Waals surface area (Å²) in [5, 5.41) is 0. The number of para-hydroxylation sites is 2. The first-order valence-electron chi connectivity index (χ1n) is 11.3. The molecule has 2 aliphatic heterocycles. The van der Waals surface area contributed by atoms with E-state index < -0.39 is 10.0 Å². The molecule has 0 atom stereocenters. The van der Waals surface area contributed by atoms with Gasteiger partial charge in [0.15, 0.2) is 11.5 Å². The summed E-state index contributed by atoms with van der Waals surface area (Å²) in [6.45, 7) is 1.51. The number of ether oxygens (including phenoxy) is 2. The highest BCUT2D eigenvalue weighted by atomic mass is 32.2. The molecule has 11 heteroatoms. The predicted octanol–water partition coefficient (Wildman–Crippen LogP) is 1.63. The Morgan fingerprint density at radius 1 is 1.06 bits per heavy atom. The number of imidazole rings is 1. The van der Waals surface area contributed by atoms with Gasteiger partial charge in [-0.05, 0) is 37.1 Å². The molecule has 34 heavy (non-hydrogen) atoms. The van der Waals surface area contributed by atoms with Crippen LogP contribution in [-0.4, -0.2) is 61.6 Å². The molecule has 5 rings (SSSR count). The van der Waals surface area contributed by atoms with Crippen molar-refractivity contribution in [3.63, 3.8) is 0 Å². The minimum atomic E-state index is -3.90. The number of H-pyrrole nitrogens is 1. The number of benzene rings is 2. The summed E-state index contributed by atoms with van der Waals surface area (Å²) in [5.41, 5.74) is 1.48. The molecule has 2 aromatic carbocycles. The van der Waals surface area contributed by atoms with Gasteiger partial charge in [-0.1, -0.05) is 12.1 Å². The van der Waals surface area contributed by atoms with Crippen LogP contribution in [0.25, 0.3) is 11.0 Å². The topological polar surface area (TPSA) is 123 Å². The summed E-state index contributed by atoms with van der Waals surface area (Å²) < 4.78 is 40.7. The van der Waals surface area contributed by atoms with E-state index in [0.717, 1.165) is 17.5 Å². The third-order valence-corrected chi connectivity index (χ3v) is 7.65. The number of fused-ring (bicyclic) bond motifs is 2. The molecule has 2 aliphatic rings. The van der Waals surface area contributed by atoms with Crippen molar-refractivity contribution >= 4 is 27.0 Å². The Morgan fingerprint density at radius 3 is 2.59 bits per heavy atom. The van der Waals surface area contributed by atoms with E-state index in [1.54, 1.807) is 15.5 Å². The maximum absolute atomic E-state index is 12.7. The van der Waals surface area contributed by atoms with Gasteiger partial charge in [-0.25, -0.2) is 17.9 Å². The lowest BCUT2D eigenvalue weighted by molar-refractivity contribution is -0.131. The third kappa shape index (κ3) is 4.40. The van der Waals surface area contributed by atoms with Gasteiger partial charge in [0, 0.05) is 31.6 Å². The van der Waals surface area contributed by atoms with Gasteiger partial charge in [0.1, 0.15) is 0 Å². The Bertz CT molecular complexity index is 1370. The Balaban J connectivity index is 1.20. The number of sulfonamides is 1. The van der Waals surface area contributed by atoms with Gasteiger partial charge in [0.05, 0.1) is 35.7 Å². The number of hydrogen-bond donors (Lipinski definition) is 2. The highest BCUT2D eigenvalue weighted by Gasteiger charge is 2.27. The lowest BCUT2D eigenvalue weighted by Gasteiger charge is -2.32. The van der Waals surface area contributed by atoms with Crippen LogP contribution in [0.4, 0.5) is 0 Å². The largest absolute Gasteiger partial charge is 0.490 e. The molecule has 1 amide bonds. The summed E-state index contributed by atoms with van der Waals surface area (Å²) in [5.74, 6) is 0.577. The summed E-state index contributed by atoms with van der Waals surface area (Å²) in [7, 11) is -3.90. The van der Waals surface area contributed by atoms with Crippen molar-refractivity contribution in [3.05, 3.63) is 52.9 Å². The monoisotopic (exact) mass is 486 g/mol. The molecule has 180 valence electrons. The number of amides is 1. The molecule has 1 saturated heterocycles. The number of carbonyl (C=O) groups excluding carboxylic acids is 1. The smallest absolute Gasteiger partial charge is 0.326 e. The van der Waals surface area contributed by atoms with Crippen molar-refractivity contribution in [3.8, 4) is 11.5 Å². The van der Waals surface area contributed by atoms with Gasteiger partial charge in [-0.15, -0.1) is 0 Å². The van der Waals surface area contributed by atoms with Gasteiger partial charge in [-0.3, -0.25) is 9.36 Å². The van der Waals surface area contributed by atoms with E-state index in [1.807, 2.05) is 24.3 Å². The second kappa shape index (κ2) is 9.15. The Labute approximate surface area is 196 Å². The number of rotatable bonds is 5. The van der Waals surface area contributed by atoms with E-state index in [1.165, 1.54) is 12.1 Å². The van der Waals surface area contributed by atoms with E-state index in [2.05, 4.69) is 9.71 Å². The number of carbonyl (C=O) groups is 1. The Morgan fingerprint density at radius 2 is 1.79 bits per heavy atom. The van der Waals surface area contributed by atoms with Gasteiger partial charge in [0.2, 0.25) is 15.9 Å². The third-order valence-electron chi connectivity index (χ3n) is 6.25. The van der Waals surface area contributed by atoms with Crippen LogP contribution in [0.2, 0.25) is 0 Å². The highest BCUT2D eigenvalue weighted by molar-refractivity contribution is 7.89. The fourth-order valence-corrected chi connectivity index (χ4v) is 5.46. The summed E-state index contributed by atoms with van der Waals surface area (Å²) in [4.78, 5) is 29.7. The summed E-state index contributed by atoms with van der Waals surface area (Å²) >= 11 is 0. The minimum Gasteiger partial charge on any atom is -0.490 e. The number of likely N-dealkylation sites (tertiary alicyclic amines) is 1. The highest BCUT2D eigenvalue weighted by Crippen LogP contribution is 2.32. The maximum Gasteiger partial charge on any atom is 0.326 e. The van der Waals surface area contributed by atoms with Crippen LogP contribution in [0.5, 0.6) is 11.5 Å². The molecule has 0 aliphatic carbocycles. The van der Waals surface area contributed by atoms with E-state index in [0.29, 0.717) is 50.6 Å². The lowest BCUT2D eigenvalue weighted by atomic mass is 10.0. The van der Waals surface area contributed by atoms with E-state index in [-0.39, 0.29) is 29.1 Å². The first kappa shape index (κ1) is 22.5. The molecule has 3 heterocycles. The van der Waals surface area contributed by atoms with Crippen LogP contribution in [-0.2, 0) is 14.8 Å². The quantitative estimate of drug-likeness (QED) is 0.565. The molecule has 0 saturated carbocycles. The van der Waals surface area contributed by atoms with Crippen molar-refractivity contribution in [1.29, 1.82) is 0 Å². The molecule has 0 radical (unpaired) electrons. The van der Waals surface area contributed by atoms with Crippen molar-refractivity contribution in [2.24, 2.45) is 0 Å². The molecular weight excluding hydrogens is 460 g/mol. The number of aromatic nitrogens is 2. The summed E-state index contributed by atoms with van der Waals surface area (Å²) in [6, 6.07) is 11.9. The van der Waals surface area contributed by atoms with Crippen LogP contribution in [0, 0.1) is 0 Å². The fraction of sp³-hybridized carbons (Fsp3) is 0.391. The maximum atomic E-state index is 12.7. The van der Waals surface area contributed by atoms with Gasteiger partial charge < -0.3 is 19.4 Å². The van der Waals surface area contributed by atoms with Crippen LogP contribution < -0.4 is 19.9 Å². The average Bonchev–Trinajstić information content (AvgIpc) is 3.01. The van der Waals surface area contributed by atoms with E-state index >= 15 is 0 Å². The Hall–Kier alpha value is -3.31. The average molecular weight is 487 g/mol. The van der Waals surface area contributed by atoms with Crippen LogP contribution in [0.15, 0.2) is 52.2 Å². The number of nitrogens with one attached hydrogen (secondary N) is 2. The zero-order chi connectivity index (χ0) is 23.7. The molecule has 0 bridgehead atoms. The first-order chi connectivity index (χ1) is 16.4. The summed E-state index contributed by atoms with van der Waals surface area (Å²) in [6.07, 6.45) is 1.94. The van der Waals surface area contributed by atoms with E-state index in [9.17, 15) is 18.0 Å². The normalized spacial score (nSPS) is 17.0. The number of hydrogen-bond acceptors (Lipinski definition) is 6. The zero-order valence-electron chi connectivity index (χ0n) is 18.5. The molecule has 0 spiro atoms. The van der Waals surface area contributed by atoms with Crippen LogP contribution in [0.3, 0.4) is 0 Å². The van der Waals surface area contributed by atoms with Crippen molar-refractivity contribution in [2.75, 3.05) is 32.8 Å². The lowest BCUT2D eigenvalue weighted by Crippen LogP contribution is -2.45. The van der Waals surface area contributed by atoms with E-state index in [4.69, 9.17) is 9.47 Å². The molecule has 10 nitrogen and oxygen atoms in total. The van der Waals surface area contributed by atoms with Crippen molar-refractivity contribution in [2.45, 2.75) is 30.2 Å². The predicted molar refractivity (Wildman–Crippen MR) is 125 cm³/mol. The second-order valence-corrected chi connectivity index (χ2v) is 10.2. The van der Waals surface area contributed by atoms with Crippen LogP contribution in [0.1, 0.15) is 25.3 Å². The molecule has 3 aromatic rings. The number of piperidine rings is 1. The molecular formula is C23H26N4O6S. The van der Waals surface area contributed by atoms with Gasteiger partial charge in [-0.2, -0.15) is 0 Å². The second-order valence-electron chi connectivity index (χ2n) is 8.41. The minimum absolute atomic E-state index is 0.0157. The zero-order valence-corrected chi connectivity index (χ0v) is 19.3. The van der Waals surface area contributed by atoms with Crippen molar-refractivity contribution < 1.29 is 22.7 Å². The first-order valence-corrected chi connectivity index (χ1v) is 12.8. The number of aromatic amines is 1. The van der Waals surface area contributed by atoms with Gasteiger partial charge in [0.25, 0.3) is 0 Å². The van der Waals surface area contributed by atoms with Crippen LogP contribution >= 0.6 is 0 Å². The SMILES string of the molecule is O=C(CNS(=O)(=O)c1ccc2c(c1)OCCCO2)N1CCC(n2c(=O)[nH]c3ccccc32)CC1. The standard InChI is InChI=1S/C23H26N4O6S/c28-22(15-24-34(30,31)17-6-7-20-21(14-17)33-13-3-12-32-20)26-10-8-16(9-11-26)27-19-5-2-1-4-18(19)25-23(27)29/h1-2,4-7,14,16,24H,3,8-13,15H2,(H,25,29). The molecule has 2 N–H and O–H groups in total. The molecule has 1 aromatic heterocycles. The van der Waals surface area contributed by atoms with Gasteiger partial charge >= 0.3 is 5.69 Å². The van der Waals surface area contributed by atoms with Crippen molar-refractivity contribution in [1.82, 2.24) is 19.2 Å². The fourth-order valence-electron chi connectivity index (χ4n) is 4.47.